The highest BCUT2D eigenvalue weighted by molar-refractivity contribution is 5.78. The van der Waals surface area contributed by atoms with Gasteiger partial charge in [0.1, 0.15) is 0 Å². The first-order valence-electron chi connectivity index (χ1n) is 6.47. The second-order valence-electron chi connectivity index (χ2n) is 5.45. The Kier molecular flexibility index (Phi) is 3.82. The SMILES string of the molecule is CC(C)CN1C[C@@H](Cc2ccccc2)CC1=O. The van der Waals surface area contributed by atoms with Gasteiger partial charge in [0.05, 0.1) is 0 Å². The average Bonchev–Trinajstić information content (AvgIpc) is 2.59. The van der Waals surface area contributed by atoms with Crippen LogP contribution in [0.1, 0.15) is 25.8 Å². The minimum Gasteiger partial charge on any atom is -0.342 e. The molecule has 2 heteroatoms. The van der Waals surface area contributed by atoms with Crippen molar-refractivity contribution < 1.29 is 4.79 Å². The van der Waals surface area contributed by atoms with Gasteiger partial charge in [-0.05, 0) is 23.8 Å². The molecule has 0 bridgehead atoms. The van der Waals surface area contributed by atoms with Crippen LogP contribution in [0, 0.1) is 11.8 Å². The molecule has 1 aromatic rings. The van der Waals surface area contributed by atoms with Gasteiger partial charge in [-0.25, -0.2) is 0 Å². The summed E-state index contributed by atoms with van der Waals surface area (Å²) in [6.45, 7) is 6.17. The fourth-order valence-corrected chi connectivity index (χ4v) is 2.56. The van der Waals surface area contributed by atoms with Crippen molar-refractivity contribution in [2.45, 2.75) is 26.7 Å². The Morgan fingerprint density at radius 2 is 2.00 bits per heavy atom. The van der Waals surface area contributed by atoms with Crippen LogP contribution in [-0.2, 0) is 11.2 Å². The quantitative estimate of drug-likeness (QED) is 0.780. The highest BCUT2D eigenvalue weighted by atomic mass is 16.2. The van der Waals surface area contributed by atoms with Crippen LogP contribution in [0.4, 0.5) is 0 Å². The minimum absolute atomic E-state index is 0.333. The molecule has 1 fully saturated rings. The van der Waals surface area contributed by atoms with Crippen LogP contribution in [0.3, 0.4) is 0 Å². The number of likely N-dealkylation sites (tertiary alicyclic amines) is 1. The van der Waals surface area contributed by atoms with Gasteiger partial charge in [-0.15, -0.1) is 0 Å². The Bertz CT molecular complexity index is 372. The lowest BCUT2D eigenvalue weighted by Gasteiger charge is -2.18. The predicted octanol–water partition coefficient (Wildman–Crippen LogP) is 2.73. The zero-order valence-corrected chi connectivity index (χ0v) is 10.7. The summed E-state index contributed by atoms with van der Waals surface area (Å²) in [4.78, 5) is 13.9. The third kappa shape index (κ3) is 3.32. The summed E-state index contributed by atoms with van der Waals surface area (Å²) in [5, 5.41) is 0. The van der Waals surface area contributed by atoms with Crippen molar-refractivity contribution in [2.75, 3.05) is 13.1 Å². The van der Waals surface area contributed by atoms with E-state index in [1.54, 1.807) is 0 Å². The number of nitrogens with zero attached hydrogens (tertiary/aromatic N) is 1. The minimum atomic E-state index is 0.333. The van der Waals surface area contributed by atoms with Gasteiger partial charge in [0.2, 0.25) is 5.91 Å². The molecule has 0 spiro atoms. The van der Waals surface area contributed by atoms with Gasteiger partial charge in [-0.2, -0.15) is 0 Å². The standard InChI is InChI=1S/C15H21NO/c1-12(2)10-16-11-14(9-15(16)17)8-13-6-4-3-5-7-13/h3-7,12,14H,8-11H2,1-2H3/t14-/m0/s1. The van der Waals surface area contributed by atoms with Gasteiger partial charge in [-0.1, -0.05) is 44.2 Å². The molecular weight excluding hydrogens is 210 g/mol. The molecule has 1 heterocycles. The smallest absolute Gasteiger partial charge is 0.222 e. The first kappa shape index (κ1) is 12.2. The van der Waals surface area contributed by atoms with Crippen LogP contribution in [-0.4, -0.2) is 23.9 Å². The van der Waals surface area contributed by atoms with Gasteiger partial charge in [0.25, 0.3) is 0 Å². The van der Waals surface area contributed by atoms with Crippen molar-refractivity contribution in [3.8, 4) is 0 Å². The molecule has 0 aliphatic carbocycles. The lowest BCUT2D eigenvalue weighted by Crippen LogP contribution is -2.29. The first-order valence-corrected chi connectivity index (χ1v) is 6.47. The molecule has 0 aromatic heterocycles. The number of amides is 1. The topological polar surface area (TPSA) is 20.3 Å². The average molecular weight is 231 g/mol. The molecule has 1 aliphatic rings. The molecule has 1 saturated heterocycles. The molecule has 2 nitrogen and oxygen atoms in total. The molecule has 1 amide bonds. The summed E-state index contributed by atoms with van der Waals surface area (Å²) < 4.78 is 0. The van der Waals surface area contributed by atoms with Crippen LogP contribution >= 0.6 is 0 Å². The molecule has 1 aromatic carbocycles. The van der Waals surface area contributed by atoms with Crippen LogP contribution in [0.5, 0.6) is 0 Å². The maximum Gasteiger partial charge on any atom is 0.222 e. The fourth-order valence-electron chi connectivity index (χ4n) is 2.56. The predicted molar refractivity (Wildman–Crippen MR) is 69.7 cm³/mol. The molecule has 0 N–H and O–H groups in total. The van der Waals surface area contributed by atoms with Gasteiger partial charge in [0, 0.05) is 19.5 Å². The van der Waals surface area contributed by atoms with E-state index >= 15 is 0 Å². The Morgan fingerprint density at radius 3 is 2.65 bits per heavy atom. The number of carbonyl (C=O) groups excluding carboxylic acids is 1. The van der Waals surface area contributed by atoms with E-state index in [2.05, 4.69) is 38.1 Å². The second-order valence-corrected chi connectivity index (χ2v) is 5.45. The largest absolute Gasteiger partial charge is 0.342 e. The third-order valence-electron chi connectivity index (χ3n) is 3.25. The number of hydrogen-bond donors (Lipinski definition) is 0. The van der Waals surface area contributed by atoms with E-state index in [4.69, 9.17) is 0 Å². The Hall–Kier alpha value is -1.31. The Morgan fingerprint density at radius 1 is 1.29 bits per heavy atom. The maximum absolute atomic E-state index is 11.8. The Balaban J connectivity index is 1.91. The first-order chi connectivity index (χ1) is 8.15. The molecular formula is C15H21NO. The summed E-state index contributed by atoms with van der Waals surface area (Å²) in [5.74, 6) is 1.40. The monoisotopic (exact) mass is 231 g/mol. The molecule has 1 atom stereocenters. The molecule has 92 valence electrons. The summed E-state index contributed by atoms with van der Waals surface area (Å²) in [7, 11) is 0. The van der Waals surface area contributed by atoms with Crippen LogP contribution in [0.2, 0.25) is 0 Å². The second kappa shape index (κ2) is 5.35. The van der Waals surface area contributed by atoms with E-state index in [1.807, 2.05) is 11.0 Å². The molecule has 0 unspecified atom stereocenters. The number of carbonyl (C=O) groups is 1. The molecule has 0 radical (unpaired) electrons. The summed E-state index contributed by atoms with van der Waals surface area (Å²) in [6, 6.07) is 10.5. The van der Waals surface area contributed by atoms with E-state index in [0.717, 1.165) is 25.9 Å². The van der Waals surface area contributed by atoms with Crippen LogP contribution in [0.15, 0.2) is 30.3 Å². The van der Waals surface area contributed by atoms with E-state index in [-0.39, 0.29) is 0 Å². The van der Waals surface area contributed by atoms with Crippen LogP contribution < -0.4 is 0 Å². The number of benzene rings is 1. The Labute approximate surface area is 104 Å². The maximum atomic E-state index is 11.8. The molecule has 1 aliphatic heterocycles. The zero-order valence-electron chi connectivity index (χ0n) is 10.7. The van der Waals surface area contributed by atoms with Crippen molar-refractivity contribution in [3.05, 3.63) is 35.9 Å². The summed E-state index contributed by atoms with van der Waals surface area (Å²) in [5.41, 5.74) is 1.34. The van der Waals surface area contributed by atoms with Gasteiger partial charge in [0.15, 0.2) is 0 Å². The van der Waals surface area contributed by atoms with Gasteiger partial charge in [-0.3, -0.25) is 4.79 Å². The van der Waals surface area contributed by atoms with E-state index in [0.29, 0.717) is 17.7 Å². The highest BCUT2D eigenvalue weighted by Gasteiger charge is 2.29. The molecule has 17 heavy (non-hydrogen) atoms. The van der Waals surface area contributed by atoms with Gasteiger partial charge < -0.3 is 4.90 Å². The van der Waals surface area contributed by atoms with Crippen LogP contribution in [0.25, 0.3) is 0 Å². The van der Waals surface area contributed by atoms with Gasteiger partial charge >= 0.3 is 0 Å². The zero-order chi connectivity index (χ0) is 12.3. The lowest BCUT2D eigenvalue weighted by molar-refractivity contribution is -0.128. The van der Waals surface area contributed by atoms with E-state index in [9.17, 15) is 4.79 Å². The van der Waals surface area contributed by atoms with Crippen molar-refractivity contribution in [1.29, 1.82) is 0 Å². The number of hydrogen-bond acceptors (Lipinski definition) is 1. The fraction of sp³-hybridized carbons (Fsp3) is 0.533. The third-order valence-corrected chi connectivity index (χ3v) is 3.25. The molecule has 0 saturated carbocycles. The summed E-state index contributed by atoms with van der Waals surface area (Å²) in [6.07, 6.45) is 1.75. The van der Waals surface area contributed by atoms with Crippen molar-refractivity contribution in [2.24, 2.45) is 11.8 Å². The van der Waals surface area contributed by atoms with Crippen molar-refractivity contribution in [3.63, 3.8) is 0 Å². The number of rotatable bonds is 4. The van der Waals surface area contributed by atoms with Crippen molar-refractivity contribution >= 4 is 5.91 Å². The molecule has 2 rings (SSSR count). The van der Waals surface area contributed by atoms with E-state index in [1.165, 1.54) is 5.56 Å². The lowest BCUT2D eigenvalue weighted by atomic mass is 9.99. The van der Waals surface area contributed by atoms with Crippen molar-refractivity contribution in [1.82, 2.24) is 4.90 Å². The van der Waals surface area contributed by atoms with E-state index < -0.39 is 0 Å². The summed E-state index contributed by atoms with van der Waals surface area (Å²) >= 11 is 0. The normalized spacial score (nSPS) is 20.3. The highest BCUT2D eigenvalue weighted by Crippen LogP contribution is 2.22.